The van der Waals surface area contributed by atoms with Crippen molar-refractivity contribution < 1.29 is 9.53 Å². The average Bonchev–Trinajstić information content (AvgIpc) is 2.21. The number of ether oxygens (including phenoxy) is 1. The summed E-state index contributed by atoms with van der Waals surface area (Å²) in [4.78, 5) is 11.2. The Labute approximate surface area is 90.6 Å². The molecule has 0 saturated heterocycles. The summed E-state index contributed by atoms with van der Waals surface area (Å²) in [6.45, 7) is 7.27. The van der Waals surface area contributed by atoms with Crippen LogP contribution in [0.3, 0.4) is 0 Å². The fourth-order valence-electron chi connectivity index (χ4n) is 1.41. The van der Waals surface area contributed by atoms with Crippen LogP contribution in [0.25, 0.3) is 0 Å². The zero-order valence-corrected chi connectivity index (χ0v) is 9.41. The fraction of sp³-hybridized carbons (Fsp3) is 0.308. The molecule has 0 amide bonds. The van der Waals surface area contributed by atoms with Crippen LogP contribution in [-0.2, 0) is 9.53 Å². The Balaban J connectivity index is 2.97. The maximum Gasteiger partial charge on any atom is 0.158 e. The monoisotopic (exact) mass is 204 g/mol. The van der Waals surface area contributed by atoms with E-state index in [1.54, 1.807) is 7.11 Å². The molecule has 0 heterocycles. The smallest absolute Gasteiger partial charge is 0.158 e. The molecule has 2 nitrogen and oxygen atoms in total. The van der Waals surface area contributed by atoms with Crippen molar-refractivity contribution in [3.05, 3.63) is 47.5 Å². The number of carbonyl (C=O) groups excluding carboxylic acids is 1. The number of benzene rings is 1. The van der Waals surface area contributed by atoms with Crippen LogP contribution < -0.4 is 0 Å². The van der Waals surface area contributed by atoms with Gasteiger partial charge in [-0.2, -0.15) is 0 Å². The van der Waals surface area contributed by atoms with Gasteiger partial charge in [-0.3, -0.25) is 4.79 Å². The SMILES string of the molecule is C=C(C(C)=O)C(OC)c1ccc(C)cc1. The molecule has 0 fully saturated rings. The Morgan fingerprint density at radius 3 is 2.27 bits per heavy atom. The molecular formula is C13H16O2. The molecule has 0 radical (unpaired) electrons. The molecular weight excluding hydrogens is 188 g/mol. The van der Waals surface area contributed by atoms with Crippen molar-refractivity contribution in [2.24, 2.45) is 0 Å². The van der Waals surface area contributed by atoms with Crippen LogP contribution in [0.1, 0.15) is 24.2 Å². The summed E-state index contributed by atoms with van der Waals surface area (Å²) < 4.78 is 5.28. The fourth-order valence-corrected chi connectivity index (χ4v) is 1.41. The highest BCUT2D eigenvalue weighted by atomic mass is 16.5. The number of hydrogen-bond acceptors (Lipinski definition) is 2. The standard InChI is InChI=1S/C13H16O2/c1-9-5-7-12(8-6-9)13(15-4)10(2)11(3)14/h5-8,13H,2H2,1,3-4H3. The molecule has 0 N–H and O–H groups in total. The minimum atomic E-state index is -0.330. The molecule has 0 aliphatic heterocycles. The second-order valence-corrected chi connectivity index (χ2v) is 3.61. The van der Waals surface area contributed by atoms with Crippen LogP contribution in [-0.4, -0.2) is 12.9 Å². The normalized spacial score (nSPS) is 12.2. The molecule has 0 spiro atoms. The van der Waals surface area contributed by atoms with Gasteiger partial charge in [0.1, 0.15) is 6.10 Å². The maximum atomic E-state index is 11.2. The van der Waals surface area contributed by atoms with Gasteiger partial charge in [0.15, 0.2) is 5.78 Å². The van der Waals surface area contributed by atoms with Gasteiger partial charge in [-0.1, -0.05) is 36.4 Å². The third-order valence-electron chi connectivity index (χ3n) is 2.38. The van der Waals surface area contributed by atoms with E-state index in [-0.39, 0.29) is 11.9 Å². The van der Waals surface area contributed by atoms with Gasteiger partial charge < -0.3 is 4.74 Å². The molecule has 1 unspecified atom stereocenters. The zero-order chi connectivity index (χ0) is 11.4. The molecule has 80 valence electrons. The molecule has 0 aromatic heterocycles. The Morgan fingerprint density at radius 1 is 1.33 bits per heavy atom. The van der Waals surface area contributed by atoms with E-state index in [1.165, 1.54) is 12.5 Å². The Kier molecular flexibility index (Phi) is 3.81. The Bertz CT molecular complexity index is 363. The highest BCUT2D eigenvalue weighted by Crippen LogP contribution is 2.24. The van der Waals surface area contributed by atoms with E-state index in [1.807, 2.05) is 31.2 Å². The molecule has 0 saturated carbocycles. The first kappa shape index (κ1) is 11.7. The van der Waals surface area contributed by atoms with E-state index < -0.39 is 0 Å². The van der Waals surface area contributed by atoms with Crippen molar-refractivity contribution in [3.63, 3.8) is 0 Å². The van der Waals surface area contributed by atoms with Crippen molar-refractivity contribution >= 4 is 5.78 Å². The lowest BCUT2D eigenvalue weighted by Crippen LogP contribution is -2.10. The van der Waals surface area contributed by atoms with Crippen molar-refractivity contribution in [1.29, 1.82) is 0 Å². The predicted octanol–water partition coefficient (Wildman–Crippen LogP) is 2.83. The molecule has 0 bridgehead atoms. The third-order valence-corrected chi connectivity index (χ3v) is 2.38. The van der Waals surface area contributed by atoms with Crippen molar-refractivity contribution in [1.82, 2.24) is 0 Å². The summed E-state index contributed by atoms with van der Waals surface area (Å²) in [6, 6.07) is 7.90. The molecule has 0 aliphatic carbocycles. The summed E-state index contributed by atoms with van der Waals surface area (Å²) in [6.07, 6.45) is -0.330. The molecule has 2 heteroatoms. The molecule has 15 heavy (non-hydrogen) atoms. The van der Waals surface area contributed by atoms with Gasteiger partial charge in [0, 0.05) is 12.7 Å². The number of aryl methyl sites for hydroxylation is 1. The Hall–Kier alpha value is -1.41. The topological polar surface area (TPSA) is 26.3 Å². The van der Waals surface area contributed by atoms with E-state index in [2.05, 4.69) is 6.58 Å². The van der Waals surface area contributed by atoms with Crippen LogP contribution in [0.5, 0.6) is 0 Å². The lowest BCUT2D eigenvalue weighted by molar-refractivity contribution is -0.114. The zero-order valence-electron chi connectivity index (χ0n) is 9.41. The molecule has 0 aliphatic rings. The Morgan fingerprint density at radius 2 is 1.87 bits per heavy atom. The van der Waals surface area contributed by atoms with Gasteiger partial charge in [-0.05, 0) is 19.4 Å². The van der Waals surface area contributed by atoms with E-state index in [9.17, 15) is 4.79 Å². The number of carbonyl (C=O) groups is 1. The summed E-state index contributed by atoms with van der Waals surface area (Å²) >= 11 is 0. The lowest BCUT2D eigenvalue weighted by Gasteiger charge is -2.16. The van der Waals surface area contributed by atoms with Gasteiger partial charge >= 0.3 is 0 Å². The highest BCUT2D eigenvalue weighted by molar-refractivity contribution is 5.93. The minimum absolute atomic E-state index is 0.0394. The largest absolute Gasteiger partial charge is 0.372 e. The second-order valence-electron chi connectivity index (χ2n) is 3.61. The van der Waals surface area contributed by atoms with Crippen molar-refractivity contribution in [2.75, 3.05) is 7.11 Å². The number of methoxy groups -OCH3 is 1. The molecule has 1 atom stereocenters. The summed E-state index contributed by atoms with van der Waals surface area (Å²) in [5.74, 6) is -0.0394. The first-order chi connectivity index (χ1) is 7.06. The summed E-state index contributed by atoms with van der Waals surface area (Å²) in [5, 5.41) is 0. The van der Waals surface area contributed by atoms with Gasteiger partial charge in [0.2, 0.25) is 0 Å². The van der Waals surface area contributed by atoms with Crippen LogP contribution >= 0.6 is 0 Å². The van der Waals surface area contributed by atoms with Crippen molar-refractivity contribution in [3.8, 4) is 0 Å². The number of ketones is 1. The molecule has 1 aromatic rings. The summed E-state index contributed by atoms with van der Waals surface area (Å²) in [5.41, 5.74) is 2.63. The number of hydrogen-bond donors (Lipinski definition) is 0. The number of rotatable bonds is 4. The van der Waals surface area contributed by atoms with E-state index >= 15 is 0 Å². The third kappa shape index (κ3) is 2.77. The van der Waals surface area contributed by atoms with E-state index in [0.717, 1.165) is 5.56 Å². The highest BCUT2D eigenvalue weighted by Gasteiger charge is 2.17. The number of Topliss-reactive ketones (excluding diaryl/α,β-unsaturated/α-hetero) is 1. The van der Waals surface area contributed by atoms with Gasteiger partial charge in [0.25, 0.3) is 0 Å². The van der Waals surface area contributed by atoms with Crippen LogP contribution in [0, 0.1) is 6.92 Å². The first-order valence-electron chi connectivity index (χ1n) is 4.85. The van der Waals surface area contributed by atoms with Crippen LogP contribution in [0.4, 0.5) is 0 Å². The average molecular weight is 204 g/mol. The van der Waals surface area contributed by atoms with Crippen molar-refractivity contribution in [2.45, 2.75) is 20.0 Å². The first-order valence-corrected chi connectivity index (χ1v) is 4.85. The molecule has 1 aromatic carbocycles. The maximum absolute atomic E-state index is 11.2. The van der Waals surface area contributed by atoms with Gasteiger partial charge in [-0.25, -0.2) is 0 Å². The predicted molar refractivity (Wildman–Crippen MR) is 60.8 cm³/mol. The quantitative estimate of drug-likeness (QED) is 0.705. The second kappa shape index (κ2) is 4.89. The van der Waals surface area contributed by atoms with Crippen LogP contribution in [0.2, 0.25) is 0 Å². The minimum Gasteiger partial charge on any atom is -0.372 e. The van der Waals surface area contributed by atoms with Gasteiger partial charge in [0.05, 0.1) is 0 Å². The molecule has 1 rings (SSSR count). The van der Waals surface area contributed by atoms with Crippen LogP contribution in [0.15, 0.2) is 36.4 Å². The summed E-state index contributed by atoms with van der Waals surface area (Å²) in [7, 11) is 1.58. The van der Waals surface area contributed by atoms with E-state index in [4.69, 9.17) is 4.74 Å². The lowest BCUT2D eigenvalue weighted by atomic mass is 9.99. The van der Waals surface area contributed by atoms with E-state index in [0.29, 0.717) is 5.57 Å². The van der Waals surface area contributed by atoms with Gasteiger partial charge in [-0.15, -0.1) is 0 Å².